The molecule has 0 radical (unpaired) electrons. The fourth-order valence-electron chi connectivity index (χ4n) is 3.65. The van der Waals surface area contributed by atoms with Gasteiger partial charge in [0.05, 0.1) is 11.8 Å². The van der Waals surface area contributed by atoms with Crippen LogP contribution in [0.3, 0.4) is 0 Å². The van der Waals surface area contributed by atoms with Crippen molar-refractivity contribution in [2.24, 2.45) is 0 Å². The molecule has 0 unspecified atom stereocenters. The number of nitrogens with zero attached hydrogens (tertiary/aromatic N) is 2. The SMILES string of the molecule is Cc1occc1C(=O)Nc1ccc(C=CC(=O)N2CCC=C(c3ccccc3)CC2)cn1. The number of carbonyl (C=O) groups is 2. The molecule has 0 atom stereocenters. The number of anilines is 1. The predicted molar refractivity (Wildman–Crippen MR) is 125 cm³/mol. The lowest BCUT2D eigenvalue weighted by atomic mass is 10.0. The van der Waals surface area contributed by atoms with E-state index in [9.17, 15) is 9.59 Å². The smallest absolute Gasteiger partial charge is 0.260 e. The second-order valence-electron chi connectivity index (χ2n) is 7.61. The van der Waals surface area contributed by atoms with Crippen LogP contribution in [-0.2, 0) is 4.79 Å². The summed E-state index contributed by atoms with van der Waals surface area (Å²) in [6, 6.07) is 15.4. The molecule has 0 saturated carbocycles. The van der Waals surface area contributed by atoms with Gasteiger partial charge in [-0.05, 0) is 60.7 Å². The van der Waals surface area contributed by atoms with E-state index >= 15 is 0 Å². The third kappa shape index (κ3) is 5.21. The van der Waals surface area contributed by atoms with Crippen LogP contribution in [0.25, 0.3) is 11.6 Å². The molecule has 2 amide bonds. The van der Waals surface area contributed by atoms with Gasteiger partial charge in [-0.15, -0.1) is 0 Å². The monoisotopic (exact) mass is 427 g/mol. The zero-order chi connectivity index (χ0) is 22.3. The highest BCUT2D eigenvalue weighted by molar-refractivity contribution is 6.04. The molecule has 6 heteroatoms. The first-order valence-electron chi connectivity index (χ1n) is 10.6. The molecule has 32 heavy (non-hydrogen) atoms. The van der Waals surface area contributed by atoms with E-state index in [4.69, 9.17) is 4.42 Å². The summed E-state index contributed by atoms with van der Waals surface area (Å²) in [7, 11) is 0. The van der Waals surface area contributed by atoms with E-state index < -0.39 is 0 Å². The molecule has 0 bridgehead atoms. The fourth-order valence-corrected chi connectivity index (χ4v) is 3.65. The van der Waals surface area contributed by atoms with Crippen LogP contribution in [0.4, 0.5) is 5.82 Å². The van der Waals surface area contributed by atoms with Crippen LogP contribution in [0, 0.1) is 6.92 Å². The number of carbonyl (C=O) groups excluding carboxylic acids is 2. The molecule has 162 valence electrons. The van der Waals surface area contributed by atoms with Crippen molar-refractivity contribution in [3.63, 3.8) is 0 Å². The van der Waals surface area contributed by atoms with Crippen molar-refractivity contribution in [2.75, 3.05) is 18.4 Å². The summed E-state index contributed by atoms with van der Waals surface area (Å²) < 4.78 is 5.15. The number of pyridine rings is 1. The van der Waals surface area contributed by atoms with E-state index in [0.29, 0.717) is 30.2 Å². The lowest BCUT2D eigenvalue weighted by Crippen LogP contribution is -2.30. The molecular formula is C26H25N3O3. The van der Waals surface area contributed by atoms with Crippen molar-refractivity contribution in [1.29, 1.82) is 0 Å². The second kappa shape index (κ2) is 9.92. The number of aromatic nitrogens is 1. The lowest BCUT2D eigenvalue weighted by molar-refractivity contribution is -0.125. The molecule has 0 saturated heterocycles. The zero-order valence-electron chi connectivity index (χ0n) is 18.0. The number of aryl methyl sites for hydroxylation is 1. The van der Waals surface area contributed by atoms with Crippen LogP contribution >= 0.6 is 0 Å². The molecule has 6 nitrogen and oxygen atoms in total. The summed E-state index contributed by atoms with van der Waals surface area (Å²) in [6.45, 7) is 3.13. The Balaban J connectivity index is 1.32. The molecule has 3 heterocycles. The largest absolute Gasteiger partial charge is 0.469 e. The first kappa shape index (κ1) is 21.3. The van der Waals surface area contributed by atoms with Gasteiger partial charge in [-0.2, -0.15) is 0 Å². The Morgan fingerprint density at radius 1 is 1.09 bits per heavy atom. The Labute approximate surface area is 187 Å². The predicted octanol–water partition coefficient (Wildman–Crippen LogP) is 4.95. The summed E-state index contributed by atoms with van der Waals surface area (Å²) in [4.78, 5) is 31.0. The molecule has 1 aromatic carbocycles. The maximum absolute atomic E-state index is 12.7. The zero-order valence-corrected chi connectivity index (χ0v) is 18.0. The van der Waals surface area contributed by atoms with E-state index in [1.807, 2.05) is 29.2 Å². The molecule has 1 aliphatic heterocycles. The van der Waals surface area contributed by atoms with Gasteiger partial charge in [-0.1, -0.05) is 36.4 Å². The van der Waals surface area contributed by atoms with E-state index in [0.717, 1.165) is 18.4 Å². The Kier molecular flexibility index (Phi) is 6.60. The summed E-state index contributed by atoms with van der Waals surface area (Å²) >= 11 is 0. The van der Waals surface area contributed by atoms with Crippen LogP contribution in [-0.4, -0.2) is 34.8 Å². The van der Waals surface area contributed by atoms with Crippen molar-refractivity contribution >= 4 is 29.3 Å². The maximum atomic E-state index is 12.7. The van der Waals surface area contributed by atoms with Gasteiger partial charge in [0.25, 0.3) is 5.91 Å². The highest BCUT2D eigenvalue weighted by Gasteiger charge is 2.15. The first-order chi connectivity index (χ1) is 15.6. The molecule has 0 fully saturated rings. The van der Waals surface area contributed by atoms with Gasteiger partial charge in [0, 0.05) is 25.4 Å². The number of benzene rings is 1. The van der Waals surface area contributed by atoms with E-state index in [-0.39, 0.29) is 11.8 Å². The maximum Gasteiger partial charge on any atom is 0.260 e. The average Bonchev–Trinajstić information content (AvgIpc) is 3.10. The van der Waals surface area contributed by atoms with Gasteiger partial charge >= 0.3 is 0 Å². The molecule has 0 spiro atoms. The quantitative estimate of drug-likeness (QED) is 0.584. The van der Waals surface area contributed by atoms with Crippen molar-refractivity contribution < 1.29 is 14.0 Å². The molecule has 3 aromatic rings. The van der Waals surface area contributed by atoms with Crippen LogP contribution in [0.5, 0.6) is 0 Å². The minimum atomic E-state index is -0.271. The van der Waals surface area contributed by atoms with Crippen molar-refractivity contribution in [1.82, 2.24) is 9.88 Å². The molecular weight excluding hydrogens is 402 g/mol. The van der Waals surface area contributed by atoms with Gasteiger partial charge in [-0.25, -0.2) is 4.98 Å². The van der Waals surface area contributed by atoms with Crippen LogP contribution < -0.4 is 5.32 Å². The summed E-state index contributed by atoms with van der Waals surface area (Å²) in [5.74, 6) is 0.707. The van der Waals surface area contributed by atoms with Gasteiger partial charge < -0.3 is 14.6 Å². The molecule has 1 N–H and O–H groups in total. The normalized spacial score (nSPS) is 14.2. The number of hydrogen-bond donors (Lipinski definition) is 1. The fraction of sp³-hybridized carbons (Fsp3) is 0.192. The van der Waals surface area contributed by atoms with Gasteiger partial charge in [0.1, 0.15) is 11.6 Å². The first-order valence-corrected chi connectivity index (χ1v) is 10.6. The molecule has 4 rings (SSSR count). The summed E-state index contributed by atoms with van der Waals surface area (Å²) in [6.07, 6.45) is 10.3. The van der Waals surface area contributed by atoms with Crippen molar-refractivity contribution in [2.45, 2.75) is 19.8 Å². The van der Waals surface area contributed by atoms with Crippen LogP contribution in [0.2, 0.25) is 0 Å². The van der Waals surface area contributed by atoms with Gasteiger partial charge in [-0.3, -0.25) is 9.59 Å². The highest BCUT2D eigenvalue weighted by atomic mass is 16.3. The van der Waals surface area contributed by atoms with Crippen molar-refractivity contribution in [3.05, 3.63) is 95.6 Å². The average molecular weight is 428 g/mol. The molecule has 0 aliphatic carbocycles. The number of amides is 2. The third-order valence-electron chi connectivity index (χ3n) is 5.45. The summed E-state index contributed by atoms with van der Waals surface area (Å²) in [5.41, 5.74) is 3.77. The minimum Gasteiger partial charge on any atom is -0.469 e. The van der Waals surface area contributed by atoms with Crippen LogP contribution in [0.1, 0.15) is 40.1 Å². The van der Waals surface area contributed by atoms with Gasteiger partial charge in [0.2, 0.25) is 5.91 Å². The van der Waals surface area contributed by atoms with Gasteiger partial charge in [0.15, 0.2) is 0 Å². The standard InChI is InChI=1S/C26H25N3O3/c1-19-23(14-17-32-19)26(31)28-24-11-9-20(18-27-24)10-12-25(30)29-15-5-8-22(13-16-29)21-6-3-2-4-7-21/h2-4,6-12,14,17-18H,5,13,15-16H2,1H3,(H,27,28,31). The topological polar surface area (TPSA) is 75.4 Å². The Hall–Kier alpha value is -3.93. The van der Waals surface area contributed by atoms with E-state index in [1.165, 1.54) is 17.4 Å². The van der Waals surface area contributed by atoms with E-state index in [2.05, 4.69) is 28.5 Å². The highest BCUT2D eigenvalue weighted by Crippen LogP contribution is 2.22. The van der Waals surface area contributed by atoms with E-state index in [1.54, 1.807) is 37.4 Å². The number of nitrogens with one attached hydrogen (secondary N) is 1. The Morgan fingerprint density at radius 3 is 2.66 bits per heavy atom. The number of hydrogen-bond acceptors (Lipinski definition) is 4. The number of furan rings is 1. The molecule has 1 aliphatic rings. The Bertz CT molecular complexity index is 1140. The Morgan fingerprint density at radius 2 is 1.94 bits per heavy atom. The van der Waals surface area contributed by atoms with Crippen molar-refractivity contribution in [3.8, 4) is 0 Å². The lowest BCUT2D eigenvalue weighted by Gasteiger charge is -2.18. The van der Waals surface area contributed by atoms with Crippen LogP contribution in [0.15, 0.2) is 77.6 Å². The minimum absolute atomic E-state index is 0.0134. The summed E-state index contributed by atoms with van der Waals surface area (Å²) in [5, 5.41) is 2.74. The second-order valence-corrected chi connectivity index (χ2v) is 7.61. The number of rotatable bonds is 5. The third-order valence-corrected chi connectivity index (χ3v) is 5.45. The molecule has 2 aromatic heterocycles.